The van der Waals surface area contributed by atoms with Crippen molar-refractivity contribution in [2.75, 3.05) is 6.54 Å². The summed E-state index contributed by atoms with van der Waals surface area (Å²) in [7, 11) is 0. The van der Waals surface area contributed by atoms with Gasteiger partial charge in [-0.25, -0.2) is 0 Å². The van der Waals surface area contributed by atoms with Gasteiger partial charge in [0, 0.05) is 15.8 Å². The average molecular weight is 308 g/mol. The van der Waals surface area contributed by atoms with Crippen molar-refractivity contribution >= 4 is 11.3 Å². The third-order valence-electron chi connectivity index (χ3n) is 4.66. The minimum atomic E-state index is 0.279. The molecule has 1 unspecified atom stereocenters. The highest BCUT2D eigenvalue weighted by atomic mass is 32.1. The topological polar surface area (TPSA) is 12.0 Å². The van der Waals surface area contributed by atoms with Crippen LogP contribution in [0.15, 0.2) is 12.1 Å². The van der Waals surface area contributed by atoms with Gasteiger partial charge in [0.15, 0.2) is 0 Å². The first kappa shape index (κ1) is 17.0. The number of hydrogen-bond donors (Lipinski definition) is 1. The van der Waals surface area contributed by atoms with Crippen LogP contribution in [0.2, 0.25) is 0 Å². The quantitative estimate of drug-likeness (QED) is 0.652. The average Bonchev–Trinajstić information content (AvgIpc) is 2.77. The van der Waals surface area contributed by atoms with Gasteiger partial charge >= 0.3 is 0 Å². The summed E-state index contributed by atoms with van der Waals surface area (Å²) < 4.78 is 0. The Hall–Kier alpha value is -0.340. The van der Waals surface area contributed by atoms with Crippen LogP contribution < -0.4 is 5.32 Å². The monoisotopic (exact) mass is 307 g/mol. The Morgan fingerprint density at radius 2 is 1.81 bits per heavy atom. The van der Waals surface area contributed by atoms with Gasteiger partial charge < -0.3 is 5.32 Å². The summed E-state index contributed by atoms with van der Waals surface area (Å²) in [6.45, 7) is 10.4. The summed E-state index contributed by atoms with van der Waals surface area (Å²) in [5.41, 5.74) is 0.279. The zero-order valence-electron chi connectivity index (χ0n) is 14.4. The molecule has 120 valence electrons. The van der Waals surface area contributed by atoms with E-state index in [1.54, 1.807) is 4.88 Å². The Labute approximate surface area is 135 Å². The van der Waals surface area contributed by atoms with Crippen molar-refractivity contribution in [3.8, 4) is 0 Å². The highest BCUT2D eigenvalue weighted by Crippen LogP contribution is 2.39. The zero-order valence-corrected chi connectivity index (χ0v) is 15.2. The van der Waals surface area contributed by atoms with Crippen LogP contribution in [-0.4, -0.2) is 6.54 Å². The molecule has 0 spiro atoms. The highest BCUT2D eigenvalue weighted by molar-refractivity contribution is 7.12. The van der Waals surface area contributed by atoms with Crippen LogP contribution >= 0.6 is 11.3 Å². The van der Waals surface area contributed by atoms with E-state index in [1.165, 1.54) is 49.8 Å². The molecule has 1 heterocycles. The molecule has 0 aromatic carbocycles. The summed E-state index contributed by atoms with van der Waals surface area (Å²) >= 11 is 2.04. The predicted octanol–water partition coefficient (Wildman–Crippen LogP) is 6.06. The molecule has 1 fully saturated rings. The van der Waals surface area contributed by atoms with Crippen LogP contribution in [0, 0.1) is 5.92 Å². The summed E-state index contributed by atoms with van der Waals surface area (Å²) in [5.74, 6) is 0.838. The lowest BCUT2D eigenvalue weighted by molar-refractivity contribution is 0.330. The second-order valence-corrected chi connectivity index (χ2v) is 8.75. The molecule has 1 nitrogen and oxygen atoms in total. The van der Waals surface area contributed by atoms with Crippen molar-refractivity contribution in [1.29, 1.82) is 0 Å². The first-order valence-electron chi connectivity index (χ1n) is 8.86. The fourth-order valence-corrected chi connectivity index (χ4v) is 4.60. The van der Waals surface area contributed by atoms with Gasteiger partial charge in [-0.1, -0.05) is 53.4 Å². The van der Waals surface area contributed by atoms with Crippen molar-refractivity contribution in [2.24, 2.45) is 5.92 Å². The lowest BCUT2D eigenvalue weighted by atomic mass is 9.90. The van der Waals surface area contributed by atoms with Gasteiger partial charge in [-0.3, -0.25) is 0 Å². The van der Waals surface area contributed by atoms with Gasteiger partial charge in [0.2, 0.25) is 0 Å². The normalized spacial score (nSPS) is 19.4. The van der Waals surface area contributed by atoms with E-state index in [2.05, 4.69) is 45.1 Å². The standard InChI is InChI=1S/C19H33NS/c1-5-14-20-18(15-10-8-6-7-9-11-15)16-12-13-17(21-16)19(2,3)4/h12-13,15,18,20H,5-11,14H2,1-4H3. The van der Waals surface area contributed by atoms with Gasteiger partial charge in [-0.2, -0.15) is 0 Å². The maximum absolute atomic E-state index is 3.86. The van der Waals surface area contributed by atoms with E-state index in [4.69, 9.17) is 0 Å². The lowest BCUT2D eigenvalue weighted by Gasteiger charge is -2.27. The maximum Gasteiger partial charge on any atom is 0.0443 e. The molecule has 0 aliphatic heterocycles. The van der Waals surface area contributed by atoms with E-state index >= 15 is 0 Å². The van der Waals surface area contributed by atoms with Crippen LogP contribution in [-0.2, 0) is 5.41 Å². The van der Waals surface area contributed by atoms with Crippen molar-refractivity contribution in [2.45, 2.75) is 84.1 Å². The second-order valence-electron chi connectivity index (χ2n) is 7.64. The van der Waals surface area contributed by atoms with Gasteiger partial charge in [0.1, 0.15) is 0 Å². The molecule has 1 aromatic rings. The first-order valence-corrected chi connectivity index (χ1v) is 9.67. The maximum atomic E-state index is 3.86. The lowest BCUT2D eigenvalue weighted by Crippen LogP contribution is -2.28. The largest absolute Gasteiger partial charge is 0.309 e. The number of hydrogen-bond acceptors (Lipinski definition) is 2. The molecule has 0 saturated heterocycles. The molecule has 1 saturated carbocycles. The van der Waals surface area contributed by atoms with Crippen LogP contribution in [0.3, 0.4) is 0 Å². The minimum absolute atomic E-state index is 0.279. The Morgan fingerprint density at radius 3 is 2.33 bits per heavy atom. The van der Waals surface area contributed by atoms with E-state index in [9.17, 15) is 0 Å². The molecule has 1 aromatic heterocycles. The van der Waals surface area contributed by atoms with Gasteiger partial charge in [0.25, 0.3) is 0 Å². The molecule has 1 atom stereocenters. The van der Waals surface area contributed by atoms with E-state index < -0.39 is 0 Å². The smallest absolute Gasteiger partial charge is 0.0443 e. The van der Waals surface area contributed by atoms with Crippen molar-refractivity contribution < 1.29 is 0 Å². The van der Waals surface area contributed by atoms with Crippen molar-refractivity contribution in [3.05, 3.63) is 21.9 Å². The fraction of sp³-hybridized carbons (Fsp3) is 0.789. The van der Waals surface area contributed by atoms with Crippen LogP contribution in [0.5, 0.6) is 0 Å². The molecule has 0 bridgehead atoms. The molecule has 2 rings (SSSR count). The summed E-state index contributed by atoms with van der Waals surface area (Å²) in [5, 5.41) is 3.86. The van der Waals surface area contributed by atoms with Crippen molar-refractivity contribution in [3.63, 3.8) is 0 Å². The van der Waals surface area contributed by atoms with Gasteiger partial charge in [0.05, 0.1) is 0 Å². The van der Waals surface area contributed by atoms with Crippen molar-refractivity contribution in [1.82, 2.24) is 5.32 Å². The molecule has 0 radical (unpaired) electrons. The number of nitrogens with one attached hydrogen (secondary N) is 1. The Bertz CT molecular complexity index is 407. The summed E-state index contributed by atoms with van der Waals surface area (Å²) in [6.07, 6.45) is 9.76. The number of rotatable bonds is 5. The highest BCUT2D eigenvalue weighted by Gasteiger charge is 2.26. The molecule has 21 heavy (non-hydrogen) atoms. The summed E-state index contributed by atoms with van der Waals surface area (Å²) in [6, 6.07) is 5.34. The molecule has 2 heteroatoms. The third-order valence-corrected chi connectivity index (χ3v) is 6.25. The Balaban J connectivity index is 2.16. The number of thiophene rings is 1. The van der Waals surface area contributed by atoms with E-state index in [0.717, 1.165) is 12.5 Å². The zero-order chi connectivity index (χ0) is 15.3. The minimum Gasteiger partial charge on any atom is -0.309 e. The van der Waals surface area contributed by atoms with Crippen LogP contribution in [0.25, 0.3) is 0 Å². The molecular formula is C19H33NS. The van der Waals surface area contributed by atoms with Gasteiger partial charge in [-0.15, -0.1) is 11.3 Å². The third kappa shape index (κ3) is 4.82. The molecule has 1 aliphatic carbocycles. The van der Waals surface area contributed by atoms with E-state index in [-0.39, 0.29) is 5.41 Å². The Kier molecular flexibility index (Phi) is 6.31. The van der Waals surface area contributed by atoms with Crippen LogP contribution in [0.4, 0.5) is 0 Å². The fourth-order valence-electron chi connectivity index (χ4n) is 3.37. The van der Waals surface area contributed by atoms with Gasteiger partial charge in [-0.05, 0) is 49.3 Å². The first-order chi connectivity index (χ1) is 10.0. The Morgan fingerprint density at radius 1 is 1.14 bits per heavy atom. The molecular weight excluding hydrogens is 274 g/mol. The predicted molar refractivity (Wildman–Crippen MR) is 95.2 cm³/mol. The molecule has 0 amide bonds. The van der Waals surface area contributed by atoms with E-state index in [1.807, 2.05) is 11.3 Å². The second kappa shape index (κ2) is 7.78. The van der Waals surface area contributed by atoms with Crippen LogP contribution in [0.1, 0.15) is 88.4 Å². The molecule has 1 aliphatic rings. The molecule has 1 N–H and O–H groups in total. The summed E-state index contributed by atoms with van der Waals surface area (Å²) in [4.78, 5) is 3.09. The SMILES string of the molecule is CCCNC(c1ccc(C(C)(C)C)s1)C1CCCCCC1. The van der Waals surface area contributed by atoms with E-state index in [0.29, 0.717) is 6.04 Å².